The van der Waals surface area contributed by atoms with E-state index >= 15 is 0 Å². The fourth-order valence-corrected chi connectivity index (χ4v) is 6.60. The average molecular weight is 369 g/mol. The van der Waals surface area contributed by atoms with Gasteiger partial charge in [0.05, 0.1) is 5.60 Å². The Bertz CT molecular complexity index is 567. The lowest BCUT2D eigenvalue weighted by Crippen LogP contribution is -2.69. The summed E-state index contributed by atoms with van der Waals surface area (Å²) in [4.78, 5) is 26.6. The molecule has 0 aromatic heterocycles. The zero-order chi connectivity index (χ0) is 20.1. The Balaban J connectivity index is 2.67. The van der Waals surface area contributed by atoms with E-state index < -0.39 is 28.5 Å². The van der Waals surface area contributed by atoms with Crippen molar-refractivity contribution in [2.24, 2.45) is 35.0 Å². The van der Waals surface area contributed by atoms with Crippen LogP contribution in [0.5, 0.6) is 0 Å². The standard InChI is InChI=1S/C21H36O5/c1-7-12(2)17-20(5,15(23)8-9-22)16-13(3)10-19(4,25)11-14(16)18(24)21(17,6)26/h12-14,16-17,22,25-26H,7-11H2,1-6H3/t12-,13-,14+,16+,17-,19-,20-,21+/m1/s1. The third kappa shape index (κ3) is 3.16. The molecule has 0 saturated heterocycles. The fraction of sp³-hybridized carbons (Fsp3) is 0.905. The summed E-state index contributed by atoms with van der Waals surface area (Å²) in [7, 11) is 0. The first-order chi connectivity index (χ1) is 11.8. The summed E-state index contributed by atoms with van der Waals surface area (Å²) in [5.41, 5.74) is -3.50. The maximum Gasteiger partial charge on any atom is 0.167 e. The molecule has 0 unspecified atom stereocenters. The third-order valence-electron chi connectivity index (χ3n) is 7.40. The second kappa shape index (κ2) is 6.99. The second-order valence-electron chi connectivity index (χ2n) is 9.57. The second-order valence-corrected chi connectivity index (χ2v) is 9.57. The van der Waals surface area contributed by atoms with Gasteiger partial charge in [-0.2, -0.15) is 0 Å². The summed E-state index contributed by atoms with van der Waals surface area (Å²) >= 11 is 0. The summed E-state index contributed by atoms with van der Waals surface area (Å²) in [5, 5.41) is 31.4. The van der Waals surface area contributed by atoms with Crippen molar-refractivity contribution in [2.45, 2.75) is 78.4 Å². The van der Waals surface area contributed by atoms with Gasteiger partial charge in [-0.25, -0.2) is 0 Å². The number of carbonyl (C=O) groups is 2. The van der Waals surface area contributed by atoms with Gasteiger partial charge in [0.1, 0.15) is 11.4 Å². The summed E-state index contributed by atoms with van der Waals surface area (Å²) in [6.45, 7) is 10.9. The number of hydrogen-bond donors (Lipinski definition) is 3. The Morgan fingerprint density at radius 1 is 1.23 bits per heavy atom. The Morgan fingerprint density at radius 3 is 2.31 bits per heavy atom. The lowest BCUT2D eigenvalue weighted by molar-refractivity contribution is -0.205. The van der Waals surface area contributed by atoms with E-state index in [-0.39, 0.29) is 48.8 Å². The molecule has 150 valence electrons. The smallest absolute Gasteiger partial charge is 0.167 e. The number of fused-ring (bicyclic) bond motifs is 1. The topological polar surface area (TPSA) is 94.8 Å². The van der Waals surface area contributed by atoms with Crippen LogP contribution in [-0.4, -0.2) is 44.7 Å². The Hall–Kier alpha value is -0.780. The molecule has 2 aliphatic carbocycles. The zero-order valence-corrected chi connectivity index (χ0v) is 17.1. The molecule has 26 heavy (non-hydrogen) atoms. The van der Waals surface area contributed by atoms with Crippen molar-refractivity contribution in [3.8, 4) is 0 Å². The van der Waals surface area contributed by atoms with Crippen LogP contribution >= 0.6 is 0 Å². The van der Waals surface area contributed by atoms with Crippen LogP contribution in [-0.2, 0) is 9.59 Å². The van der Waals surface area contributed by atoms with Crippen LogP contribution in [0.2, 0.25) is 0 Å². The highest BCUT2D eigenvalue weighted by Crippen LogP contribution is 2.61. The lowest BCUT2D eigenvalue weighted by atomic mass is 9.42. The van der Waals surface area contributed by atoms with Crippen LogP contribution in [0.15, 0.2) is 0 Å². The van der Waals surface area contributed by atoms with E-state index in [9.17, 15) is 24.9 Å². The summed E-state index contributed by atoms with van der Waals surface area (Å²) in [6, 6.07) is 0. The Labute approximate surface area is 157 Å². The van der Waals surface area contributed by atoms with Crippen molar-refractivity contribution in [1.29, 1.82) is 0 Å². The van der Waals surface area contributed by atoms with Gasteiger partial charge in [0, 0.05) is 30.3 Å². The van der Waals surface area contributed by atoms with Gasteiger partial charge in [-0.05, 0) is 44.4 Å². The molecule has 0 spiro atoms. The van der Waals surface area contributed by atoms with Crippen LogP contribution in [0.4, 0.5) is 0 Å². The maximum atomic E-state index is 13.3. The third-order valence-corrected chi connectivity index (χ3v) is 7.40. The van der Waals surface area contributed by atoms with Gasteiger partial charge in [0.15, 0.2) is 5.78 Å². The molecular weight excluding hydrogens is 332 g/mol. The Morgan fingerprint density at radius 2 is 1.81 bits per heavy atom. The molecule has 0 amide bonds. The first-order valence-electron chi connectivity index (χ1n) is 9.97. The SMILES string of the molecule is CC[C@@H](C)[C@@H]1[C@](C)(C(=O)CCO)[C@H]2[C@H](C)C[C@@](C)(O)C[C@@H]2C(=O)[C@@]1(C)O. The van der Waals surface area contributed by atoms with Gasteiger partial charge in [-0.1, -0.05) is 34.1 Å². The highest BCUT2D eigenvalue weighted by Gasteiger charge is 2.67. The normalized spacial score (nSPS) is 47.3. The molecule has 3 N–H and O–H groups in total. The molecule has 2 rings (SSSR count). The van der Waals surface area contributed by atoms with Crippen molar-refractivity contribution in [3.05, 3.63) is 0 Å². The van der Waals surface area contributed by atoms with Crippen molar-refractivity contribution >= 4 is 11.6 Å². The minimum atomic E-state index is -1.62. The molecule has 2 aliphatic rings. The monoisotopic (exact) mass is 368 g/mol. The molecule has 8 atom stereocenters. The molecule has 2 fully saturated rings. The number of rotatable bonds is 5. The van der Waals surface area contributed by atoms with Gasteiger partial charge in [-0.15, -0.1) is 0 Å². The van der Waals surface area contributed by atoms with E-state index in [4.69, 9.17) is 0 Å². The molecule has 0 aromatic rings. The van der Waals surface area contributed by atoms with Crippen LogP contribution < -0.4 is 0 Å². The van der Waals surface area contributed by atoms with Crippen LogP contribution in [0.25, 0.3) is 0 Å². The van der Waals surface area contributed by atoms with E-state index in [1.54, 1.807) is 13.8 Å². The predicted molar refractivity (Wildman–Crippen MR) is 99.4 cm³/mol. The van der Waals surface area contributed by atoms with Crippen LogP contribution in [0.1, 0.15) is 67.2 Å². The van der Waals surface area contributed by atoms with Gasteiger partial charge in [0.2, 0.25) is 0 Å². The molecule has 0 bridgehead atoms. The minimum Gasteiger partial charge on any atom is -0.396 e. The van der Waals surface area contributed by atoms with Crippen molar-refractivity contribution in [2.75, 3.05) is 6.61 Å². The minimum absolute atomic E-state index is 0.0165. The van der Waals surface area contributed by atoms with E-state index in [1.165, 1.54) is 0 Å². The molecule has 5 nitrogen and oxygen atoms in total. The summed E-state index contributed by atoms with van der Waals surface area (Å²) in [6.07, 6.45) is 1.57. The van der Waals surface area contributed by atoms with E-state index in [1.807, 2.05) is 27.7 Å². The average Bonchev–Trinajstić information content (AvgIpc) is 2.50. The number of carbonyl (C=O) groups excluding carboxylic acids is 2. The predicted octanol–water partition coefficient (Wildman–Crippen LogP) is 2.35. The number of Topliss-reactive ketones (excluding diaryl/α,β-unsaturated/α-hetero) is 2. The first-order valence-corrected chi connectivity index (χ1v) is 9.97. The zero-order valence-electron chi connectivity index (χ0n) is 17.1. The molecule has 0 radical (unpaired) electrons. The molecule has 0 aromatic carbocycles. The maximum absolute atomic E-state index is 13.3. The van der Waals surface area contributed by atoms with E-state index in [0.29, 0.717) is 6.42 Å². The van der Waals surface area contributed by atoms with Crippen molar-refractivity contribution < 1.29 is 24.9 Å². The first kappa shape index (κ1) is 21.5. The van der Waals surface area contributed by atoms with Gasteiger partial charge in [-0.3, -0.25) is 9.59 Å². The van der Waals surface area contributed by atoms with Crippen LogP contribution in [0.3, 0.4) is 0 Å². The Kier molecular flexibility index (Phi) is 5.79. The largest absolute Gasteiger partial charge is 0.396 e. The number of aliphatic hydroxyl groups excluding tert-OH is 1. The van der Waals surface area contributed by atoms with Gasteiger partial charge in [0.25, 0.3) is 0 Å². The number of hydrogen-bond acceptors (Lipinski definition) is 5. The van der Waals surface area contributed by atoms with Gasteiger partial charge < -0.3 is 15.3 Å². The fourth-order valence-electron chi connectivity index (χ4n) is 6.60. The van der Waals surface area contributed by atoms with E-state index in [0.717, 1.165) is 6.42 Å². The molecule has 5 heteroatoms. The highest BCUT2D eigenvalue weighted by atomic mass is 16.3. The molecule has 0 aliphatic heterocycles. The van der Waals surface area contributed by atoms with Crippen molar-refractivity contribution in [1.82, 2.24) is 0 Å². The van der Waals surface area contributed by atoms with E-state index in [2.05, 4.69) is 0 Å². The molecular formula is C21H36O5. The summed E-state index contributed by atoms with van der Waals surface area (Å²) < 4.78 is 0. The summed E-state index contributed by atoms with van der Waals surface area (Å²) in [5.74, 6) is -1.64. The quantitative estimate of drug-likeness (QED) is 0.692. The van der Waals surface area contributed by atoms with Crippen LogP contribution in [0, 0.1) is 35.0 Å². The van der Waals surface area contributed by atoms with Gasteiger partial charge >= 0.3 is 0 Å². The van der Waals surface area contributed by atoms with Crippen molar-refractivity contribution in [3.63, 3.8) is 0 Å². The number of aliphatic hydroxyl groups is 3. The number of ketones is 2. The molecule has 2 saturated carbocycles. The molecule has 0 heterocycles. The highest BCUT2D eigenvalue weighted by molar-refractivity contribution is 5.95. The lowest BCUT2D eigenvalue weighted by Gasteiger charge is -2.61.